The maximum absolute atomic E-state index is 11.9. The van der Waals surface area contributed by atoms with Crippen LogP contribution in [0.5, 0.6) is 0 Å². The van der Waals surface area contributed by atoms with Gasteiger partial charge in [0.25, 0.3) is 0 Å². The van der Waals surface area contributed by atoms with E-state index in [1.165, 1.54) is 0 Å². The number of alkyl carbamates (subject to hydrolysis) is 1. The van der Waals surface area contributed by atoms with Gasteiger partial charge in [0, 0.05) is 0 Å². The Labute approximate surface area is 109 Å². The molecule has 0 bridgehead atoms. The predicted octanol–water partition coefficient (Wildman–Crippen LogP) is 1.97. The quantitative estimate of drug-likeness (QED) is 0.829. The molecule has 0 rings (SSSR count). The first-order chi connectivity index (χ1) is 8.44. The zero-order chi connectivity index (χ0) is 15.3. The van der Waals surface area contributed by atoms with Gasteiger partial charge in [0.2, 0.25) is 5.91 Å². The molecule has 112 valence electrons. The van der Waals surface area contributed by atoms with Crippen LogP contribution in [0.1, 0.15) is 34.1 Å². The number of ether oxygens (including phenoxy) is 1. The van der Waals surface area contributed by atoms with E-state index in [1.54, 1.807) is 33.0 Å². The number of carbonyl (C=O) groups excluding carboxylic acids is 2. The van der Waals surface area contributed by atoms with E-state index in [0.29, 0.717) is 0 Å². The van der Waals surface area contributed by atoms with E-state index < -0.39 is 36.4 Å². The Kier molecular flexibility index (Phi) is 6.11. The van der Waals surface area contributed by atoms with E-state index in [2.05, 4.69) is 5.32 Å². The summed E-state index contributed by atoms with van der Waals surface area (Å²) in [5.74, 6) is -0.898. The molecule has 0 spiro atoms. The van der Waals surface area contributed by atoms with Crippen LogP contribution in [0.2, 0.25) is 0 Å². The Balaban J connectivity index is 4.34. The number of rotatable bonds is 4. The lowest BCUT2D eigenvalue weighted by Crippen LogP contribution is -2.49. The number of halogens is 3. The van der Waals surface area contributed by atoms with Crippen molar-refractivity contribution in [2.24, 2.45) is 0 Å². The van der Waals surface area contributed by atoms with E-state index in [0.717, 1.165) is 0 Å². The van der Waals surface area contributed by atoms with Crippen molar-refractivity contribution in [3.05, 3.63) is 0 Å². The highest BCUT2D eigenvalue weighted by atomic mass is 19.4. The van der Waals surface area contributed by atoms with E-state index in [-0.39, 0.29) is 6.42 Å². The topological polar surface area (TPSA) is 67.4 Å². The molecule has 0 aromatic rings. The number of amides is 2. The summed E-state index contributed by atoms with van der Waals surface area (Å²) < 4.78 is 40.7. The van der Waals surface area contributed by atoms with Crippen LogP contribution in [-0.4, -0.2) is 36.4 Å². The SMILES string of the molecule is CC[C@@H](NC(=O)OC(C)(C)C)C(=O)NCC(F)(F)F. The fraction of sp³-hybridized carbons (Fsp3) is 0.818. The first-order valence-electron chi connectivity index (χ1n) is 5.78. The smallest absolute Gasteiger partial charge is 0.408 e. The van der Waals surface area contributed by atoms with Crippen molar-refractivity contribution < 1.29 is 27.5 Å². The van der Waals surface area contributed by atoms with Gasteiger partial charge in [-0.2, -0.15) is 13.2 Å². The van der Waals surface area contributed by atoms with E-state index in [4.69, 9.17) is 4.74 Å². The van der Waals surface area contributed by atoms with Crippen LogP contribution in [0, 0.1) is 0 Å². The first-order valence-corrected chi connectivity index (χ1v) is 5.78. The average Bonchev–Trinajstić information content (AvgIpc) is 2.18. The van der Waals surface area contributed by atoms with Crippen LogP contribution < -0.4 is 10.6 Å². The number of carbonyl (C=O) groups is 2. The van der Waals surface area contributed by atoms with Crippen molar-refractivity contribution in [3.63, 3.8) is 0 Å². The molecule has 0 saturated carbocycles. The fourth-order valence-electron chi connectivity index (χ4n) is 1.11. The van der Waals surface area contributed by atoms with Crippen LogP contribution in [0.25, 0.3) is 0 Å². The summed E-state index contributed by atoms with van der Waals surface area (Å²) in [6.07, 6.45) is -5.18. The summed E-state index contributed by atoms with van der Waals surface area (Å²) in [4.78, 5) is 22.8. The first kappa shape index (κ1) is 17.5. The normalized spacial score (nSPS) is 13.6. The minimum Gasteiger partial charge on any atom is -0.444 e. The zero-order valence-corrected chi connectivity index (χ0v) is 11.4. The lowest BCUT2D eigenvalue weighted by atomic mass is 10.2. The zero-order valence-electron chi connectivity index (χ0n) is 11.4. The van der Waals surface area contributed by atoms with Gasteiger partial charge in [0.15, 0.2) is 0 Å². The highest BCUT2D eigenvalue weighted by Crippen LogP contribution is 2.12. The highest BCUT2D eigenvalue weighted by molar-refractivity contribution is 5.85. The standard InChI is InChI=1S/C11H19F3N2O3/c1-5-7(8(17)15-6-11(12,13)14)16-9(18)19-10(2,3)4/h7H,5-6H2,1-4H3,(H,15,17)(H,16,18)/t7-/m1/s1. The molecule has 0 aromatic carbocycles. The van der Waals surface area contributed by atoms with Gasteiger partial charge >= 0.3 is 12.3 Å². The monoisotopic (exact) mass is 284 g/mol. The van der Waals surface area contributed by atoms with Gasteiger partial charge in [-0.3, -0.25) is 4.79 Å². The number of hydrogen-bond donors (Lipinski definition) is 2. The maximum Gasteiger partial charge on any atom is 0.408 e. The second-order valence-electron chi connectivity index (χ2n) is 4.94. The summed E-state index contributed by atoms with van der Waals surface area (Å²) in [5.41, 5.74) is -0.745. The van der Waals surface area contributed by atoms with Crippen LogP contribution in [0.15, 0.2) is 0 Å². The molecule has 8 heteroatoms. The molecule has 0 heterocycles. The fourth-order valence-corrected chi connectivity index (χ4v) is 1.11. The highest BCUT2D eigenvalue weighted by Gasteiger charge is 2.30. The van der Waals surface area contributed by atoms with Crippen molar-refractivity contribution in [3.8, 4) is 0 Å². The van der Waals surface area contributed by atoms with Crippen molar-refractivity contribution in [2.75, 3.05) is 6.54 Å². The minimum atomic E-state index is -4.49. The van der Waals surface area contributed by atoms with Gasteiger partial charge in [-0.05, 0) is 27.2 Å². The molecule has 0 aliphatic rings. The van der Waals surface area contributed by atoms with Gasteiger partial charge < -0.3 is 15.4 Å². The van der Waals surface area contributed by atoms with E-state index in [1.807, 2.05) is 0 Å². The van der Waals surface area contributed by atoms with Crippen LogP contribution in [0.4, 0.5) is 18.0 Å². The second-order valence-corrected chi connectivity index (χ2v) is 4.94. The third kappa shape index (κ3) is 9.15. The summed E-state index contributed by atoms with van der Waals surface area (Å²) in [6, 6.07) is -1.06. The number of hydrogen-bond acceptors (Lipinski definition) is 3. The van der Waals surface area contributed by atoms with Crippen molar-refractivity contribution in [1.82, 2.24) is 10.6 Å². The molecule has 0 aliphatic carbocycles. The molecule has 1 atom stereocenters. The number of alkyl halides is 3. The summed E-state index contributed by atoms with van der Waals surface area (Å²) >= 11 is 0. The number of nitrogens with one attached hydrogen (secondary N) is 2. The van der Waals surface area contributed by atoms with Crippen LogP contribution in [0.3, 0.4) is 0 Å². The lowest BCUT2D eigenvalue weighted by molar-refractivity contribution is -0.139. The molecular weight excluding hydrogens is 265 g/mol. The molecule has 0 unspecified atom stereocenters. The largest absolute Gasteiger partial charge is 0.444 e. The third-order valence-corrected chi connectivity index (χ3v) is 1.88. The lowest BCUT2D eigenvalue weighted by Gasteiger charge is -2.22. The Hall–Kier alpha value is -1.47. The predicted molar refractivity (Wildman–Crippen MR) is 62.5 cm³/mol. The average molecular weight is 284 g/mol. The van der Waals surface area contributed by atoms with E-state index >= 15 is 0 Å². The summed E-state index contributed by atoms with van der Waals surface area (Å²) in [5, 5.41) is 3.93. The molecule has 19 heavy (non-hydrogen) atoms. The molecule has 0 aliphatic heterocycles. The van der Waals surface area contributed by atoms with Gasteiger partial charge in [-0.15, -0.1) is 0 Å². The molecule has 0 fully saturated rings. The minimum absolute atomic E-state index is 0.156. The van der Waals surface area contributed by atoms with Gasteiger partial charge in [0.1, 0.15) is 18.2 Å². The molecule has 0 aromatic heterocycles. The third-order valence-electron chi connectivity index (χ3n) is 1.88. The Morgan fingerprint density at radius 3 is 2.11 bits per heavy atom. The van der Waals surface area contributed by atoms with E-state index in [9.17, 15) is 22.8 Å². The Bertz CT molecular complexity index is 324. The Morgan fingerprint density at radius 2 is 1.74 bits per heavy atom. The van der Waals surface area contributed by atoms with Crippen LogP contribution in [-0.2, 0) is 9.53 Å². The van der Waals surface area contributed by atoms with Gasteiger partial charge in [0.05, 0.1) is 0 Å². The molecule has 2 amide bonds. The van der Waals surface area contributed by atoms with Crippen molar-refractivity contribution in [2.45, 2.75) is 51.9 Å². The van der Waals surface area contributed by atoms with Crippen molar-refractivity contribution >= 4 is 12.0 Å². The molecule has 0 saturated heterocycles. The van der Waals surface area contributed by atoms with Gasteiger partial charge in [-0.1, -0.05) is 6.92 Å². The summed E-state index contributed by atoms with van der Waals surface area (Å²) in [6.45, 7) is 5.04. The maximum atomic E-state index is 11.9. The van der Waals surface area contributed by atoms with Crippen LogP contribution >= 0.6 is 0 Å². The molecule has 0 radical (unpaired) electrons. The van der Waals surface area contributed by atoms with Gasteiger partial charge in [-0.25, -0.2) is 4.79 Å². The Morgan fingerprint density at radius 1 is 1.21 bits per heavy atom. The molecule has 2 N–H and O–H groups in total. The molecular formula is C11H19F3N2O3. The molecule has 5 nitrogen and oxygen atoms in total. The second kappa shape index (κ2) is 6.63. The summed E-state index contributed by atoms with van der Waals surface area (Å²) in [7, 11) is 0. The van der Waals surface area contributed by atoms with Crippen molar-refractivity contribution in [1.29, 1.82) is 0 Å².